The molecule has 0 aliphatic carbocycles. The zero-order valence-electron chi connectivity index (χ0n) is 16.2. The van der Waals surface area contributed by atoms with Crippen LogP contribution in [0.1, 0.15) is 30.4 Å². The van der Waals surface area contributed by atoms with Crippen molar-refractivity contribution >= 4 is 23.2 Å². The molecule has 2 heterocycles. The molecule has 0 bridgehead atoms. The smallest absolute Gasteiger partial charge is 0.283 e. The van der Waals surface area contributed by atoms with Gasteiger partial charge in [-0.05, 0) is 49.6 Å². The molecule has 8 heteroatoms. The Bertz CT molecular complexity index is 914. The predicted octanol–water partition coefficient (Wildman–Crippen LogP) is 3.03. The zero-order valence-corrected chi connectivity index (χ0v) is 17.0. The van der Waals surface area contributed by atoms with E-state index in [2.05, 4.69) is 22.4 Å². The molecule has 1 aromatic carbocycles. The highest BCUT2D eigenvalue weighted by molar-refractivity contribution is 6.34. The number of furan rings is 1. The van der Waals surface area contributed by atoms with Gasteiger partial charge in [-0.1, -0.05) is 24.6 Å². The molecule has 0 radical (unpaired) electrons. The summed E-state index contributed by atoms with van der Waals surface area (Å²) in [6, 6.07) is 7.35. The first-order chi connectivity index (χ1) is 13.5. The number of nitrogens with zero attached hydrogens (tertiary/aromatic N) is 2. The van der Waals surface area contributed by atoms with E-state index in [1.54, 1.807) is 18.4 Å². The number of aryl methyl sites for hydroxylation is 2. The Morgan fingerprint density at radius 2 is 2.11 bits per heavy atom. The highest BCUT2D eigenvalue weighted by Crippen LogP contribution is 2.27. The van der Waals surface area contributed by atoms with Crippen LogP contribution >= 0.6 is 11.6 Å². The maximum absolute atomic E-state index is 12.6. The van der Waals surface area contributed by atoms with Crippen molar-refractivity contribution in [1.29, 1.82) is 0 Å². The Kier molecular flexibility index (Phi) is 6.49. The summed E-state index contributed by atoms with van der Waals surface area (Å²) in [5.74, 6) is 1.22. The molecule has 1 unspecified atom stereocenters. The summed E-state index contributed by atoms with van der Waals surface area (Å²) in [6.07, 6.45) is 2.47. The van der Waals surface area contributed by atoms with Crippen molar-refractivity contribution in [2.45, 2.75) is 33.7 Å². The number of quaternary nitrogens is 1. The summed E-state index contributed by atoms with van der Waals surface area (Å²) in [5, 5.41) is 11.6. The summed E-state index contributed by atoms with van der Waals surface area (Å²) in [6.45, 7) is 7.50. The molecule has 2 aromatic heterocycles. The number of halogens is 1. The lowest BCUT2D eigenvalue weighted by Gasteiger charge is -2.17. The highest BCUT2D eigenvalue weighted by Gasteiger charge is 2.20. The van der Waals surface area contributed by atoms with E-state index in [9.17, 15) is 4.79 Å². The molecular formula is C20H24ClN4O3+. The summed E-state index contributed by atoms with van der Waals surface area (Å²) >= 11 is 6.29. The van der Waals surface area contributed by atoms with Crippen molar-refractivity contribution in [2.75, 3.05) is 18.4 Å². The minimum absolute atomic E-state index is 0.108. The summed E-state index contributed by atoms with van der Waals surface area (Å²) in [7, 11) is 0. The van der Waals surface area contributed by atoms with Crippen LogP contribution in [0.15, 0.2) is 39.4 Å². The van der Waals surface area contributed by atoms with Crippen LogP contribution in [0.2, 0.25) is 5.02 Å². The average molecular weight is 404 g/mol. The Balaban J connectivity index is 1.65. The Hall–Kier alpha value is -2.64. The first-order valence-corrected chi connectivity index (χ1v) is 9.60. The van der Waals surface area contributed by atoms with Crippen LogP contribution in [0.4, 0.5) is 5.69 Å². The third-order valence-electron chi connectivity index (χ3n) is 4.31. The number of aromatic nitrogens is 2. The maximum Gasteiger partial charge on any atom is 0.283 e. The first kappa shape index (κ1) is 20.1. The lowest BCUT2D eigenvalue weighted by molar-refractivity contribution is -0.907. The minimum atomic E-state index is -0.108. The Labute approximate surface area is 168 Å². The standard InChI is InChI=1S/C20H23ClN4O3/c1-4-7-25(12-18-23-24-20(28-18)16-6-5-8-27-16)11-17(26)22-19-14(3)9-13(2)10-15(19)21/h5-6,8-10H,4,7,11-12H2,1-3H3,(H,22,26)/p+1. The second kappa shape index (κ2) is 9.03. The SMILES string of the molecule is CCC[NH+](CC(=O)Nc1c(C)cc(C)cc1Cl)Cc1nnc(-c2ccco2)o1. The zero-order chi connectivity index (χ0) is 20.1. The van der Waals surface area contributed by atoms with Crippen molar-refractivity contribution in [1.82, 2.24) is 10.2 Å². The second-order valence-corrected chi connectivity index (χ2v) is 7.23. The highest BCUT2D eigenvalue weighted by atomic mass is 35.5. The van der Waals surface area contributed by atoms with Gasteiger partial charge in [-0.3, -0.25) is 4.79 Å². The monoisotopic (exact) mass is 403 g/mol. The molecule has 1 amide bonds. The summed E-state index contributed by atoms with van der Waals surface area (Å²) in [5.41, 5.74) is 2.66. The number of hydrogen-bond donors (Lipinski definition) is 2. The van der Waals surface area contributed by atoms with Gasteiger partial charge >= 0.3 is 0 Å². The van der Waals surface area contributed by atoms with Crippen LogP contribution in [-0.2, 0) is 11.3 Å². The molecule has 3 rings (SSSR count). The molecule has 1 atom stereocenters. The largest absolute Gasteiger partial charge is 0.459 e. The van der Waals surface area contributed by atoms with Gasteiger partial charge in [-0.2, -0.15) is 0 Å². The third kappa shape index (κ3) is 4.99. The average Bonchev–Trinajstić information content (AvgIpc) is 3.29. The van der Waals surface area contributed by atoms with Crippen LogP contribution in [0.3, 0.4) is 0 Å². The molecule has 0 fully saturated rings. The lowest BCUT2D eigenvalue weighted by Crippen LogP contribution is -3.11. The van der Waals surface area contributed by atoms with Gasteiger partial charge in [0, 0.05) is 0 Å². The molecule has 0 saturated heterocycles. The van der Waals surface area contributed by atoms with Crippen LogP contribution in [0, 0.1) is 13.8 Å². The van der Waals surface area contributed by atoms with E-state index in [-0.39, 0.29) is 12.5 Å². The van der Waals surface area contributed by atoms with Crippen molar-refractivity contribution < 1.29 is 18.5 Å². The number of hydrogen-bond acceptors (Lipinski definition) is 5. The first-order valence-electron chi connectivity index (χ1n) is 9.22. The molecule has 3 aromatic rings. The van der Waals surface area contributed by atoms with Crippen LogP contribution in [-0.4, -0.2) is 29.2 Å². The Morgan fingerprint density at radius 3 is 2.79 bits per heavy atom. The molecule has 0 spiro atoms. The number of amides is 1. The quantitative estimate of drug-likeness (QED) is 0.603. The van der Waals surface area contributed by atoms with Gasteiger partial charge in [0.2, 0.25) is 0 Å². The fourth-order valence-corrected chi connectivity index (χ4v) is 3.48. The third-order valence-corrected chi connectivity index (χ3v) is 4.61. The van der Waals surface area contributed by atoms with Gasteiger partial charge < -0.3 is 19.1 Å². The van der Waals surface area contributed by atoms with E-state index in [4.69, 9.17) is 20.4 Å². The van der Waals surface area contributed by atoms with Gasteiger partial charge in [0.15, 0.2) is 18.8 Å². The normalized spacial score (nSPS) is 12.1. The van der Waals surface area contributed by atoms with Gasteiger partial charge in [0.1, 0.15) is 0 Å². The van der Waals surface area contributed by atoms with E-state index in [1.807, 2.05) is 26.0 Å². The van der Waals surface area contributed by atoms with Gasteiger partial charge in [-0.15, -0.1) is 10.2 Å². The molecule has 0 aliphatic rings. The Morgan fingerprint density at radius 1 is 1.29 bits per heavy atom. The molecule has 0 saturated carbocycles. The molecule has 28 heavy (non-hydrogen) atoms. The van der Waals surface area contributed by atoms with Crippen LogP contribution in [0.25, 0.3) is 11.7 Å². The number of carbonyl (C=O) groups is 1. The molecule has 2 N–H and O–H groups in total. The van der Waals surface area contributed by atoms with Crippen molar-refractivity contribution in [3.8, 4) is 11.7 Å². The fourth-order valence-electron chi connectivity index (χ4n) is 3.12. The van der Waals surface area contributed by atoms with E-state index >= 15 is 0 Å². The summed E-state index contributed by atoms with van der Waals surface area (Å²) < 4.78 is 10.9. The van der Waals surface area contributed by atoms with Crippen molar-refractivity contribution in [2.24, 2.45) is 0 Å². The molecule has 148 valence electrons. The fraction of sp³-hybridized carbons (Fsp3) is 0.350. The number of benzene rings is 1. The maximum atomic E-state index is 12.6. The predicted molar refractivity (Wildman–Crippen MR) is 106 cm³/mol. The van der Waals surface area contributed by atoms with Crippen molar-refractivity contribution in [3.63, 3.8) is 0 Å². The second-order valence-electron chi connectivity index (χ2n) is 6.82. The van der Waals surface area contributed by atoms with Crippen LogP contribution in [0.5, 0.6) is 0 Å². The topological polar surface area (TPSA) is 85.6 Å². The van der Waals surface area contributed by atoms with Gasteiger partial charge in [0.25, 0.3) is 17.7 Å². The molecule has 7 nitrogen and oxygen atoms in total. The molecular weight excluding hydrogens is 380 g/mol. The minimum Gasteiger partial charge on any atom is -0.459 e. The number of nitrogens with one attached hydrogen (secondary N) is 2. The van der Waals surface area contributed by atoms with Gasteiger partial charge in [0.05, 0.1) is 23.5 Å². The van der Waals surface area contributed by atoms with E-state index in [1.165, 1.54) is 0 Å². The van der Waals surface area contributed by atoms with E-state index in [0.29, 0.717) is 34.8 Å². The summed E-state index contributed by atoms with van der Waals surface area (Å²) in [4.78, 5) is 13.6. The van der Waals surface area contributed by atoms with Crippen LogP contribution < -0.4 is 10.2 Å². The van der Waals surface area contributed by atoms with Crippen molar-refractivity contribution in [3.05, 3.63) is 52.6 Å². The number of rotatable bonds is 8. The number of anilines is 1. The molecule has 0 aliphatic heterocycles. The number of carbonyl (C=O) groups excluding carboxylic acids is 1. The van der Waals surface area contributed by atoms with E-state index < -0.39 is 0 Å². The van der Waals surface area contributed by atoms with E-state index in [0.717, 1.165) is 29.0 Å². The lowest BCUT2D eigenvalue weighted by atomic mass is 10.1. The van der Waals surface area contributed by atoms with Gasteiger partial charge in [-0.25, -0.2) is 0 Å².